The van der Waals surface area contributed by atoms with Crippen LogP contribution >= 0.6 is 0 Å². The van der Waals surface area contributed by atoms with Crippen molar-refractivity contribution in [1.29, 1.82) is 0 Å². The Morgan fingerprint density at radius 2 is 1.56 bits per heavy atom. The highest BCUT2D eigenvalue weighted by Gasteiger charge is 2.50. The van der Waals surface area contributed by atoms with E-state index in [2.05, 4.69) is 74.6 Å². The van der Waals surface area contributed by atoms with Gasteiger partial charge in [0.1, 0.15) is 0 Å². The lowest BCUT2D eigenvalue weighted by molar-refractivity contribution is -0.117. The average molecular weight is 380 g/mol. The molecule has 1 aliphatic rings. The fraction of sp³-hybridized carbons (Fsp3) is 0.348. The molecule has 0 spiro atoms. The van der Waals surface area contributed by atoms with Crippen LogP contribution in [0.2, 0.25) is 5.04 Å². The standard InChI is InChI=1S/C23H29NO2Si/c1-23(2,3)27(20-13-6-4-7-14-20,21-15-8-5-9-16-21)26-18-19-12-10-11-17-22(25)24-19/h4-9,11,13-17,19H,10,12,18H2,1-3H3,(H,24,25)/t19-/m0/s1. The van der Waals surface area contributed by atoms with Crippen molar-refractivity contribution in [2.75, 3.05) is 6.61 Å². The van der Waals surface area contributed by atoms with E-state index in [1.165, 1.54) is 10.4 Å². The third kappa shape index (κ3) is 4.23. The first-order valence-electron chi connectivity index (χ1n) is 9.65. The number of amides is 1. The molecule has 0 aromatic heterocycles. The van der Waals surface area contributed by atoms with Crippen molar-refractivity contribution in [3.8, 4) is 0 Å². The minimum atomic E-state index is -2.54. The van der Waals surface area contributed by atoms with Gasteiger partial charge in [-0.3, -0.25) is 4.79 Å². The molecule has 1 atom stereocenters. The summed E-state index contributed by atoms with van der Waals surface area (Å²) in [7, 11) is -2.54. The van der Waals surface area contributed by atoms with E-state index >= 15 is 0 Å². The van der Waals surface area contributed by atoms with E-state index in [4.69, 9.17) is 4.43 Å². The summed E-state index contributed by atoms with van der Waals surface area (Å²) in [4.78, 5) is 11.9. The lowest BCUT2D eigenvalue weighted by Gasteiger charge is -2.43. The molecule has 142 valence electrons. The monoisotopic (exact) mass is 379 g/mol. The molecule has 0 saturated heterocycles. The molecule has 3 rings (SSSR count). The van der Waals surface area contributed by atoms with E-state index in [0.717, 1.165) is 12.8 Å². The molecule has 3 nitrogen and oxygen atoms in total. The average Bonchev–Trinajstić information content (AvgIpc) is 2.87. The number of nitrogens with one attached hydrogen (secondary N) is 1. The van der Waals surface area contributed by atoms with Gasteiger partial charge in [0, 0.05) is 0 Å². The fourth-order valence-electron chi connectivity index (χ4n) is 3.92. The molecule has 2 aromatic rings. The molecule has 0 unspecified atom stereocenters. The highest BCUT2D eigenvalue weighted by atomic mass is 28.4. The Morgan fingerprint density at radius 3 is 2.07 bits per heavy atom. The smallest absolute Gasteiger partial charge is 0.261 e. The maximum Gasteiger partial charge on any atom is 0.261 e. The Bertz CT molecular complexity index is 742. The molecule has 4 heteroatoms. The van der Waals surface area contributed by atoms with Crippen LogP contribution in [0.5, 0.6) is 0 Å². The molecule has 0 saturated carbocycles. The lowest BCUT2D eigenvalue weighted by atomic mass is 10.2. The first-order chi connectivity index (χ1) is 12.9. The molecular weight excluding hydrogens is 350 g/mol. The lowest BCUT2D eigenvalue weighted by Crippen LogP contribution is -2.67. The maximum absolute atomic E-state index is 11.9. The number of allylic oxidation sites excluding steroid dienone is 1. The fourth-order valence-corrected chi connectivity index (χ4v) is 8.53. The van der Waals surface area contributed by atoms with Gasteiger partial charge < -0.3 is 9.74 Å². The van der Waals surface area contributed by atoms with Crippen molar-refractivity contribution in [3.63, 3.8) is 0 Å². The van der Waals surface area contributed by atoms with Gasteiger partial charge in [0.15, 0.2) is 0 Å². The van der Waals surface area contributed by atoms with Crippen LogP contribution in [0, 0.1) is 0 Å². The number of rotatable bonds is 5. The summed E-state index contributed by atoms with van der Waals surface area (Å²) < 4.78 is 6.91. The van der Waals surface area contributed by atoms with Crippen LogP contribution in [0.15, 0.2) is 72.8 Å². The summed E-state index contributed by atoms with van der Waals surface area (Å²) in [6.45, 7) is 7.34. The third-order valence-corrected chi connectivity index (χ3v) is 10.2. The van der Waals surface area contributed by atoms with Crippen molar-refractivity contribution in [2.45, 2.75) is 44.7 Å². The molecule has 0 fully saturated rings. The van der Waals surface area contributed by atoms with Crippen molar-refractivity contribution in [2.24, 2.45) is 0 Å². The third-order valence-electron chi connectivity index (χ3n) is 5.22. The summed E-state index contributed by atoms with van der Waals surface area (Å²) in [6.07, 6.45) is 5.37. The van der Waals surface area contributed by atoms with E-state index in [1.54, 1.807) is 6.08 Å². The molecule has 0 bridgehead atoms. The zero-order valence-corrected chi connectivity index (χ0v) is 17.4. The molecule has 27 heavy (non-hydrogen) atoms. The number of carbonyl (C=O) groups is 1. The quantitative estimate of drug-likeness (QED) is 0.809. The molecule has 1 aliphatic heterocycles. The van der Waals surface area contributed by atoms with Gasteiger partial charge in [0.25, 0.3) is 8.32 Å². The van der Waals surface area contributed by atoms with Crippen LogP contribution < -0.4 is 15.7 Å². The molecular formula is C23H29NO2Si. The maximum atomic E-state index is 11.9. The number of hydrogen-bond acceptors (Lipinski definition) is 2. The number of hydrogen-bond donors (Lipinski definition) is 1. The van der Waals surface area contributed by atoms with E-state index in [1.807, 2.05) is 18.2 Å². The summed E-state index contributed by atoms with van der Waals surface area (Å²) in [5, 5.41) is 5.56. The SMILES string of the molecule is CC(C)(C)[Si](OC[C@@H]1CCC=CC(=O)N1)(c1ccccc1)c1ccccc1. The van der Waals surface area contributed by atoms with Gasteiger partial charge in [-0.25, -0.2) is 0 Å². The van der Waals surface area contributed by atoms with Gasteiger partial charge in [0.05, 0.1) is 12.6 Å². The molecule has 1 N–H and O–H groups in total. The molecule has 0 radical (unpaired) electrons. The van der Waals surface area contributed by atoms with Crippen LogP contribution in [-0.4, -0.2) is 26.9 Å². The first kappa shape index (κ1) is 19.6. The van der Waals surface area contributed by atoms with E-state index in [9.17, 15) is 4.79 Å². The van der Waals surface area contributed by atoms with Crippen LogP contribution in [0.4, 0.5) is 0 Å². The summed E-state index contributed by atoms with van der Waals surface area (Å²) in [5.74, 6) is -0.0245. The van der Waals surface area contributed by atoms with Crippen molar-refractivity contribution in [1.82, 2.24) is 5.32 Å². The molecule has 2 aromatic carbocycles. The van der Waals surface area contributed by atoms with Crippen LogP contribution in [0.1, 0.15) is 33.6 Å². The summed E-state index contributed by atoms with van der Waals surface area (Å²) in [6, 6.07) is 21.3. The van der Waals surface area contributed by atoms with Gasteiger partial charge in [-0.1, -0.05) is 87.5 Å². The normalized spacial score (nSPS) is 18.0. The second-order valence-corrected chi connectivity index (χ2v) is 12.5. The zero-order chi connectivity index (χ0) is 19.3. The van der Waals surface area contributed by atoms with Crippen molar-refractivity contribution < 1.29 is 9.22 Å². The number of benzene rings is 2. The zero-order valence-electron chi connectivity index (χ0n) is 16.4. The Morgan fingerprint density at radius 1 is 1.00 bits per heavy atom. The topological polar surface area (TPSA) is 38.3 Å². The largest absolute Gasteiger partial charge is 0.405 e. The van der Waals surface area contributed by atoms with Gasteiger partial charge >= 0.3 is 0 Å². The molecule has 0 aliphatic carbocycles. The van der Waals surface area contributed by atoms with Gasteiger partial charge in [-0.2, -0.15) is 0 Å². The minimum Gasteiger partial charge on any atom is -0.405 e. The second kappa shape index (κ2) is 8.24. The molecule has 1 heterocycles. The predicted molar refractivity (Wildman–Crippen MR) is 114 cm³/mol. The summed E-state index contributed by atoms with van der Waals surface area (Å²) in [5.41, 5.74) is 0. The Kier molecular flexibility index (Phi) is 5.97. The van der Waals surface area contributed by atoms with E-state index in [0.29, 0.717) is 6.61 Å². The van der Waals surface area contributed by atoms with Gasteiger partial charge in [-0.15, -0.1) is 0 Å². The van der Waals surface area contributed by atoms with E-state index in [-0.39, 0.29) is 17.0 Å². The second-order valence-electron chi connectivity index (χ2n) is 8.16. The first-order valence-corrected chi connectivity index (χ1v) is 11.6. The number of carbonyl (C=O) groups excluding carboxylic acids is 1. The minimum absolute atomic E-state index is 0.0245. The van der Waals surface area contributed by atoms with Crippen molar-refractivity contribution in [3.05, 3.63) is 72.8 Å². The van der Waals surface area contributed by atoms with Crippen LogP contribution in [0.25, 0.3) is 0 Å². The highest BCUT2D eigenvalue weighted by Crippen LogP contribution is 2.36. The van der Waals surface area contributed by atoms with E-state index < -0.39 is 8.32 Å². The highest BCUT2D eigenvalue weighted by molar-refractivity contribution is 6.99. The van der Waals surface area contributed by atoms with Gasteiger partial charge in [0.2, 0.25) is 5.91 Å². The van der Waals surface area contributed by atoms with Gasteiger partial charge in [-0.05, 0) is 34.3 Å². The Hall–Kier alpha value is -2.17. The van der Waals surface area contributed by atoms with Crippen LogP contribution in [0.3, 0.4) is 0 Å². The Balaban J connectivity index is 2.00. The Labute approximate surface area is 163 Å². The van der Waals surface area contributed by atoms with Crippen molar-refractivity contribution >= 4 is 24.6 Å². The molecule has 1 amide bonds. The summed E-state index contributed by atoms with van der Waals surface area (Å²) >= 11 is 0. The predicted octanol–water partition coefficient (Wildman–Crippen LogP) is 3.40. The van der Waals surface area contributed by atoms with Crippen LogP contribution in [-0.2, 0) is 9.22 Å².